The van der Waals surface area contributed by atoms with Crippen molar-refractivity contribution in [2.24, 2.45) is 0 Å². The normalized spacial score (nSPS) is 10.3. The lowest BCUT2D eigenvalue weighted by Gasteiger charge is -2.07. The number of rotatable bonds is 2. The highest BCUT2D eigenvalue weighted by Crippen LogP contribution is 2.28. The van der Waals surface area contributed by atoms with Gasteiger partial charge >= 0.3 is 5.97 Å². The Morgan fingerprint density at radius 2 is 1.63 bits per heavy atom. The molecule has 2 aromatic carbocycles. The van der Waals surface area contributed by atoms with Crippen molar-refractivity contribution < 1.29 is 18.3 Å². The van der Waals surface area contributed by atoms with Crippen molar-refractivity contribution in [2.75, 3.05) is 7.11 Å². The highest BCUT2D eigenvalue weighted by molar-refractivity contribution is 9.10. The highest BCUT2D eigenvalue weighted by Gasteiger charge is 2.13. The fraction of sp³-hybridized carbons (Fsp3) is 0.0714. The van der Waals surface area contributed by atoms with Gasteiger partial charge in [0.1, 0.15) is 11.6 Å². The zero-order chi connectivity index (χ0) is 14.0. The van der Waals surface area contributed by atoms with Crippen LogP contribution in [0.1, 0.15) is 10.4 Å². The van der Waals surface area contributed by atoms with Crippen LogP contribution in [0.2, 0.25) is 0 Å². The topological polar surface area (TPSA) is 26.3 Å². The van der Waals surface area contributed by atoms with Crippen LogP contribution in [0.15, 0.2) is 40.9 Å². The summed E-state index contributed by atoms with van der Waals surface area (Å²) in [6.07, 6.45) is 0. The summed E-state index contributed by atoms with van der Waals surface area (Å²) in [5, 5.41) is 0. The molecule has 0 heterocycles. The van der Waals surface area contributed by atoms with Gasteiger partial charge in [0.2, 0.25) is 0 Å². The first-order chi connectivity index (χ1) is 9.02. The molecular weight excluding hydrogens is 318 g/mol. The third kappa shape index (κ3) is 2.81. The second-order valence-corrected chi connectivity index (χ2v) is 4.73. The van der Waals surface area contributed by atoms with E-state index in [1.165, 1.54) is 31.4 Å². The highest BCUT2D eigenvalue weighted by atomic mass is 79.9. The second-order valence-electron chi connectivity index (χ2n) is 3.81. The molecule has 0 radical (unpaired) electrons. The summed E-state index contributed by atoms with van der Waals surface area (Å²) in [6, 6.07) is 8.12. The minimum absolute atomic E-state index is 0.0845. The van der Waals surface area contributed by atoms with Gasteiger partial charge in [0, 0.05) is 15.6 Å². The summed E-state index contributed by atoms with van der Waals surface area (Å²) in [5.74, 6) is -1.86. The number of hydrogen-bond acceptors (Lipinski definition) is 2. The number of ether oxygens (including phenoxy) is 1. The smallest absolute Gasteiger partial charge is 0.337 e. The lowest BCUT2D eigenvalue weighted by molar-refractivity contribution is 0.0600. The number of carbonyl (C=O) groups is 1. The molecule has 0 amide bonds. The van der Waals surface area contributed by atoms with Gasteiger partial charge in [0.15, 0.2) is 0 Å². The minimum atomic E-state index is -0.677. The molecular formula is C14H9BrF2O2. The maximum atomic E-state index is 13.9. The van der Waals surface area contributed by atoms with Gasteiger partial charge in [-0.25, -0.2) is 13.6 Å². The van der Waals surface area contributed by atoms with E-state index in [9.17, 15) is 13.6 Å². The number of methoxy groups -OCH3 is 1. The Labute approximate surface area is 117 Å². The Balaban J connectivity index is 2.49. The number of hydrogen-bond donors (Lipinski definition) is 0. The number of benzene rings is 2. The molecule has 0 aromatic heterocycles. The molecule has 0 bridgehead atoms. The Bertz CT molecular complexity index is 641. The summed E-state index contributed by atoms with van der Waals surface area (Å²) < 4.78 is 32.7. The van der Waals surface area contributed by atoms with Crippen LogP contribution >= 0.6 is 15.9 Å². The van der Waals surface area contributed by atoms with E-state index in [4.69, 9.17) is 0 Å². The van der Waals surface area contributed by atoms with Crippen molar-refractivity contribution in [1.82, 2.24) is 0 Å². The predicted octanol–water partition coefficient (Wildman–Crippen LogP) is 4.18. The lowest BCUT2D eigenvalue weighted by atomic mass is 10.0. The Kier molecular flexibility index (Phi) is 3.95. The molecule has 0 saturated carbocycles. The summed E-state index contributed by atoms with van der Waals surface area (Å²) in [5.41, 5.74) is 0.316. The van der Waals surface area contributed by atoms with Crippen LogP contribution in [0.25, 0.3) is 11.1 Å². The van der Waals surface area contributed by atoms with E-state index < -0.39 is 17.6 Å². The van der Waals surface area contributed by atoms with E-state index in [0.717, 1.165) is 6.07 Å². The first-order valence-corrected chi connectivity index (χ1v) is 6.15. The van der Waals surface area contributed by atoms with Crippen LogP contribution in [0, 0.1) is 11.6 Å². The quantitative estimate of drug-likeness (QED) is 0.774. The SMILES string of the molecule is COC(=O)c1ccc(-c2ccc(Br)cc2F)c(F)c1. The van der Waals surface area contributed by atoms with Gasteiger partial charge in [-0.2, -0.15) is 0 Å². The van der Waals surface area contributed by atoms with Crippen LogP contribution < -0.4 is 0 Å². The molecule has 0 aliphatic heterocycles. The average Bonchev–Trinajstić information content (AvgIpc) is 2.38. The first kappa shape index (κ1) is 13.7. The van der Waals surface area contributed by atoms with Gasteiger partial charge in [-0.1, -0.05) is 28.1 Å². The van der Waals surface area contributed by atoms with Gasteiger partial charge in [0.05, 0.1) is 12.7 Å². The van der Waals surface area contributed by atoms with E-state index in [0.29, 0.717) is 4.47 Å². The molecule has 0 unspecified atom stereocenters. The standard InChI is InChI=1S/C14H9BrF2O2/c1-19-14(18)8-2-4-10(12(16)6-8)11-5-3-9(15)7-13(11)17/h2-7H,1H3. The van der Waals surface area contributed by atoms with Crippen molar-refractivity contribution in [2.45, 2.75) is 0 Å². The summed E-state index contributed by atoms with van der Waals surface area (Å²) in [6.45, 7) is 0. The summed E-state index contributed by atoms with van der Waals surface area (Å²) >= 11 is 3.13. The Hall–Kier alpha value is -1.75. The second kappa shape index (κ2) is 5.48. The van der Waals surface area contributed by atoms with Crippen LogP contribution in [-0.4, -0.2) is 13.1 Å². The number of halogens is 3. The molecule has 0 aliphatic carbocycles. The van der Waals surface area contributed by atoms with Crippen LogP contribution in [0.3, 0.4) is 0 Å². The molecule has 2 aromatic rings. The zero-order valence-electron chi connectivity index (χ0n) is 9.91. The molecule has 19 heavy (non-hydrogen) atoms. The Morgan fingerprint density at radius 1 is 1.05 bits per heavy atom. The maximum absolute atomic E-state index is 13.9. The molecule has 0 spiro atoms. The van der Waals surface area contributed by atoms with Gasteiger partial charge in [-0.05, 0) is 24.3 Å². The number of esters is 1. The monoisotopic (exact) mass is 326 g/mol. The molecule has 2 nitrogen and oxygen atoms in total. The summed E-state index contributed by atoms with van der Waals surface area (Å²) in [4.78, 5) is 11.3. The third-order valence-corrected chi connectivity index (χ3v) is 3.10. The van der Waals surface area contributed by atoms with Crippen LogP contribution in [-0.2, 0) is 4.74 Å². The first-order valence-electron chi connectivity index (χ1n) is 5.36. The van der Waals surface area contributed by atoms with E-state index in [2.05, 4.69) is 20.7 Å². The molecule has 0 aliphatic rings. The van der Waals surface area contributed by atoms with Gasteiger partial charge in [-0.15, -0.1) is 0 Å². The van der Waals surface area contributed by atoms with E-state index in [-0.39, 0.29) is 16.7 Å². The largest absolute Gasteiger partial charge is 0.465 e. The minimum Gasteiger partial charge on any atom is -0.465 e. The van der Waals surface area contributed by atoms with Crippen molar-refractivity contribution >= 4 is 21.9 Å². The van der Waals surface area contributed by atoms with Gasteiger partial charge in [0.25, 0.3) is 0 Å². The fourth-order valence-electron chi connectivity index (χ4n) is 1.69. The molecule has 2 rings (SSSR count). The van der Waals surface area contributed by atoms with Crippen LogP contribution in [0.5, 0.6) is 0 Å². The zero-order valence-corrected chi connectivity index (χ0v) is 11.5. The van der Waals surface area contributed by atoms with E-state index in [1.54, 1.807) is 6.07 Å². The van der Waals surface area contributed by atoms with Crippen LogP contribution in [0.4, 0.5) is 8.78 Å². The fourth-order valence-corrected chi connectivity index (χ4v) is 2.02. The van der Waals surface area contributed by atoms with Gasteiger partial charge < -0.3 is 4.74 Å². The lowest BCUT2D eigenvalue weighted by Crippen LogP contribution is -2.02. The van der Waals surface area contributed by atoms with Crippen molar-refractivity contribution in [1.29, 1.82) is 0 Å². The molecule has 0 fully saturated rings. The van der Waals surface area contributed by atoms with E-state index >= 15 is 0 Å². The van der Waals surface area contributed by atoms with Crippen molar-refractivity contribution in [3.63, 3.8) is 0 Å². The third-order valence-electron chi connectivity index (χ3n) is 2.61. The molecule has 0 N–H and O–H groups in total. The van der Waals surface area contributed by atoms with Crippen molar-refractivity contribution in [3.8, 4) is 11.1 Å². The Morgan fingerprint density at radius 3 is 2.16 bits per heavy atom. The summed E-state index contributed by atoms with van der Waals surface area (Å²) in [7, 11) is 1.21. The molecule has 5 heteroatoms. The maximum Gasteiger partial charge on any atom is 0.337 e. The molecule has 98 valence electrons. The van der Waals surface area contributed by atoms with E-state index in [1.807, 2.05) is 0 Å². The predicted molar refractivity (Wildman–Crippen MR) is 70.8 cm³/mol. The molecule has 0 atom stereocenters. The van der Waals surface area contributed by atoms with Crippen molar-refractivity contribution in [3.05, 3.63) is 58.1 Å². The molecule has 0 saturated heterocycles. The van der Waals surface area contributed by atoms with Gasteiger partial charge in [-0.3, -0.25) is 0 Å². The average molecular weight is 327 g/mol. The number of carbonyl (C=O) groups excluding carboxylic acids is 1.